The van der Waals surface area contributed by atoms with E-state index in [1.54, 1.807) is 25.7 Å². The molecule has 0 amide bonds. The molecule has 0 atom stereocenters. The maximum Gasteiger partial charge on any atom is 0.255 e. The molecule has 0 bridgehead atoms. The Hall–Kier alpha value is -4.20. The van der Waals surface area contributed by atoms with Gasteiger partial charge in [-0.25, -0.2) is 9.97 Å². The summed E-state index contributed by atoms with van der Waals surface area (Å²) in [7, 11) is 1.67. The molecule has 2 N–H and O–H groups in total. The number of benzene rings is 1. The zero-order chi connectivity index (χ0) is 24.5. The van der Waals surface area contributed by atoms with Crippen molar-refractivity contribution in [2.75, 3.05) is 30.4 Å². The Morgan fingerprint density at radius 3 is 2.49 bits per heavy atom. The lowest BCUT2D eigenvalue weighted by Gasteiger charge is -2.24. The van der Waals surface area contributed by atoms with Gasteiger partial charge >= 0.3 is 0 Å². The highest BCUT2D eigenvalue weighted by atomic mass is 16.5. The van der Waals surface area contributed by atoms with E-state index in [9.17, 15) is 4.79 Å². The number of aryl methyl sites for hydroxylation is 1. The molecule has 0 saturated heterocycles. The monoisotopic (exact) mass is 470 g/mol. The Morgan fingerprint density at radius 1 is 0.971 bits per heavy atom. The Kier molecular flexibility index (Phi) is 8.06. The van der Waals surface area contributed by atoms with E-state index >= 15 is 0 Å². The van der Waals surface area contributed by atoms with Crippen LogP contribution in [0.1, 0.15) is 28.8 Å². The number of aromatic amines is 1. The van der Waals surface area contributed by atoms with E-state index in [2.05, 4.69) is 42.3 Å². The second-order valence-corrected chi connectivity index (χ2v) is 8.31. The molecular formula is C27H30N6O2. The van der Waals surface area contributed by atoms with E-state index in [1.165, 1.54) is 5.56 Å². The predicted octanol–water partition coefficient (Wildman–Crippen LogP) is 3.98. The number of hydrogen-bond acceptors (Lipinski definition) is 7. The number of pyridine rings is 2. The Bertz CT molecular complexity index is 1260. The molecule has 0 aliphatic heterocycles. The van der Waals surface area contributed by atoms with Gasteiger partial charge < -0.3 is 15.0 Å². The third kappa shape index (κ3) is 6.89. The van der Waals surface area contributed by atoms with Gasteiger partial charge in [-0.15, -0.1) is 0 Å². The highest BCUT2D eigenvalue weighted by Crippen LogP contribution is 2.17. The molecule has 0 radical (unpaired) electrons. The molecule has 4 rings (SSSR count). The van der Waals surface area contributed by atoms with E-state index in [-0.39, 0.29) is 5.56 Å². The first kappa shape index (κ1) is 23.9. The van der Waals surface area contributed by atoms with Gasteiger partial charge in [-0.2, -0.15) is 0 Å². The molecule has 1 aromatic carbocycles. The van der Waals surface area contributed by atoms with Crippen LogP contribution in [0, 0.1) is 6.92 Å². The Balaban J connectivity index is 1.33. The topological polar surface area (TPSA) is 96.0 Å². The molecule has 0 spiro atoms. The number of anilines is 2. The minimum atomic E-state index is -0.141. The molecule has 3 heterocycles. The fourth-order valence-electron chi connectivity index (χ4n) is 3.70. The van der Waals surface area contributed by atoms with Crippen LogP contribution in [0.4, 0.5) is 11.8 Å². The molecule has 0 unspecified atom stereocenters. The van der Waals surface area contributed by atoms with Crippen LogP contribution >= 0.6 is 0 Å². The van der Waals surface area contributed by atoms with Gasteiger partial charge in [0.2, 0.25) is 5.95 Å². The van der Waals surface area contributed by atoms with Crippen LogP contribution in [-0.2, 0) is 13.0 Å². The third-order valence-corrected chi connectivity index (χ3v) is 5.64. The van der Waals surface area contributed by atoms with Crippen molar-refractivity contribution in [3.63, 3.8) is 0 Å². The van der Waals surface area contributed by atoms with Crippen molar-refractivity contribution < 1.29 is 4.74 Å². The lowest BCUT2D eigenvalue weighted by Crippen LogP contribution is -2.26. The first-order valence-electron chi connectivity index (χ1n) is 11.6. The smallest absolute Gasteiger partial charge is 0.255 e. The molecule has 0 aliphatic carbocycles. The number of hydrogen-bond donors (Lipinski definition) is 2. The average molecular weight is 471 g/mol. The van der Waals surface area contributed by atoms with Gasteiger partial charge in [0.1, 0.15) is 11.6 Å². The lowest BCUT2D eigenvalue weighted by molar-refractivity contribution is 0.414. The average Bonchev–Trinajstić information content (AvgIpc) is 2.89. The number of methoxy groups -OCH3 is 1. The van der Waals surface area contributed by atoms with Crippen LogP contribution in [0.3, 0.4) is 0 Å². The third-order valence-electron chi connectivity index (χ3n) is 5.64. The van der Waals surface area contributed by atoms with Gasteiger partial charge in [0.15, 0.2) is 0 Å². The van der Waals surface area contributed by atoms with Crippen LogP contribution in [0.15, 0.2) is 78.0 Å². The number of rotatable bonds is 11. The van der Waals surface area contributed by atoms with E-state index < -0.39 is 0 Å². The standard InChI is InChI=1S/C27H30N6O2/c1-20-7-8-22(17-30-20)16-23-18-31-27(32-26(23)34)29-14-5-15-33(25-6-3-4-13-28-25)19-21-9-11-24(35-2)12-10-21/h3-4,6-13,17-18H,5,14-16,19H2,1-2H3,(H2,29,31,32,34). The highest BCUT2D eigenvalue weighted by molar-refractivity contribution is 5.40. The van der Waals surface area contributed by atoms with Crippen molar-refractivity contribution in [1.29, 1.82) is 0 Å². The summed E-state index contributed by atoms with van der Waals surface area (Å²) in [6.07, 6.45) is 6.57. The zero-order valence-electron chi connectivity index (χ0n) is 20.1. The fourth-order valence-corrected chi connectivity index (χ4v) is 3.70. The van der Waals surface area contributed by atoms with E-state index in [0.29, 0.717) is 24.5 Å². The predicted molar refractivity (Wildman–Crippen MR) is 138 cm³/mol. The second kappa shape index (κ2) is 11.8. The van der Waals surface area contributed by atoms with Crippen molar-refractivity contribution in [2.45, 2.75) is 26.3 Å². The zero-order valence-corrected chi connectivity index (χ0v) is 20.1. The fraction of sp³-hybridized carbons (Fsp3) is 0.259. The maximum absolute atomic E-state index is 12.5. The molecule has 0 saturated carbocycles. The summed E-state index contributed by atoms with van der Waals surface area (Å²) in [4.78, 5) is 30.8. The number of H-pyrrole nitrogens is 1. The van der Waals surface area contributed by atoms with Crippen molar-refractivity contribution in [2.24, 2.45) is 0 Å². The van der Waals surface area contributed by atoms with E-state index in [1.807, 2.05) is 49.4 Å². The quantitative estimate of drug-likeness (QED) is 0.320. The van der Waals surface area contributed by atoms with E-state index in [0.717, 1.165) is 42.3 Å². The summed E-state index contributed by atoms with van der Waals surface area (Å²) < 4.78 is 5.26. The molecule has 4 aromatic rings. The van der Waals surface area contributed by atoms with Crippen molar-refractivity contribution >= 4 is 11.8 Å². The van der Waals surface area contributed by atoms with Gasteiger partial charge in [0, 0.05) is 55.9 Å². The normalized spacial score (nSPS) is 10.7. The highest BCUT2D eigenvalue weighted by Gasteiger charge is 2.09. The second-order valence-electron chi connectivity index (χ2n) is 8.31. The lowest BCUT2D eigenvalue weighted by atomic mass is 10.1. The summed E-state index contributed by atoms with van der Waals surface area (Å²) in [6.45, 7) is 4.13. The van der Waals surface area contributed by atoms with Gasteiger partial charge in [-0.3, -0.25) is 14.8 Å². The van der Waals surface area contributed by atoms with Crippen molar-refractivity contribution in [1.82, 2.24) is 19.9 Å². The first-order valence-corrected chi connectivity index (χ1v) is 11.6. The Labute approximate surface area is 205 Å². The SMILES string of the molecule is COc1ccc(CN(CCCNc2ncc(Cc3ccc(C)nc3)c(=O)[nH]2)c2ccccn2)cc1. The maximum atomic E-state index is 12.5. The molecule has 35 heavy (non-hydrogen) atoms. The largest absolute Gasteiger partial charge is 0.497 e. The van der Waals surface area contributed by atoms with Crippen LogP contribution < -0.4 is 20.5 Å². The van der Waals surface area contributed by atoms with Crippen LogP contribution in [0.5, 0.6) is 5.75 Å². The number of ether oxygens (including phenoxy) is 1. The number of nitrogens with one attached hydrogen (secondary N) is 2. The molecule has 8 heteroatoms. The summed E-state index contributed by atoms with van der Waals surface area (Å²) in [5.41, 5.74) is 3.58. The van der Waals surface area contributed by atoms with E-state index in [4.69, 9.17) is 4.74 Å². The molecule has 3 aromatic heterocycles. The Morgan fingerprint density at radius 2 is 1.80 bits per heavy atom. The summed E-state index contributed by atoms with van der Waals surface area (Å²) >= 11 is 0. The molecule has 8 nitrogen and oxygen atoms in total. The molecule has 0 aliphatic rings. The first-order chi connectivity index (χ1) is 17.1. The van der Waals surface area contributed by atoms with Crippen molar-refractivity contribution in [3.05, 3.63) is 106 Å². The number of aromatic nitrogens is 4. The summed E-state index contributed by atoms with van der Waals surface area (Å²) in [6, 6.07) is 17.9. The number of nitrogens with zero attached hydrogens (tertiary/aromatic N) is 4. The molecule has 180 valence electrons. The van der Waals surface area contributed by atoms with Crippen LogP contribution in [0.25, 0.3) is 0 Å². The minimum absolute atomic E-state index is 0.141. The molecular weight excluding hydrogens is 440 g/mol. The van der Waals surface area contributed by atoms with Gasteiger partial charge in [-0.1, -0.05) is 24.3 Å². The van der Waals surface area contributed by atoms with Crippen molar-refractivity contribution in [3.8, 4) is 5.75 Å². The van der Waals surface area contributed by atoms with Gasteiger partial charge in [-0.05, 0) is 54.8 Å². The minimum Gasteiger partial charge on any atom is -0.497 e. The van der Waals surface area contributed by atoms with Crippen LogP contribution in [0.2, 0.25) is 0 Å². The summed E-state index contributed by atoms with van der Waals surface area (Å²) in [5, 5.41) is 3.23. The van der Waals surface area contributed by atoms with Gasteiger partial charge in [0.25, 0.3) is 5.56 Å². The molecule has 0 fully saturated rings. The summed E-state index contributed by atoms with van der Waals surface area (Å²) in [5.74, 6) is 2.23. The van der Waals surface area contributed by atoms with Gasteiger partial charge in [0.05, 0.1) is 7.11 Å². The van der Waals surface area contributed by atoms with Crippen LogP contribution in [-0.4, -0.2) is 40.1 Å².